The molecule has 0 spiro atoms. The molecule has 0 radical (unpaired) electrons. The standard InChI is InChI=1S/C26H30F3N5O/c1-4-17-5-9-19(10-6-17)22-14-23(26(27,28)29)34-25(32-22)20(16-31-34)13-24(35)30-15-18-7-11-21(12-8-18)33(2)3/h5-12,16,22-23,32H,4,13-15H2,1-3H3,(H,30,35)/t22-,23+/m1/s1. The summed E-state index contributed by atoms with van der Waals surface area (Å²) in [6.07, 6.45) is -2.48. The van der Waals surface area contributed by atoms with E-state index in [9.17, 15) is 18.0 Å². The highest BCUT2D eigenvalue weighted by atomic mass is 19.4. The van der Waals surface area contributed by atoms with Crippen LogP contribution < -0.4 is 15.5 Å². The van der Waals surface area contributed by atoms with Gasteiger partial charge < -0.3 is 15.5 Å². The second kappa shape index (κ2) is 10.0. The fraction of sp³-hybridized carbons (Fsp3) is 0.385. The van der Waals surface area contributed by atoms with Crippen molar-refractivity contribution in [3.8, 4) is 0 Å². The Labute approximate surface area is 203 Å². The van der Waals surface area contributed by atoms with Gasteiger partial charge in [-0.2, -0.15) is 18.3 Å². The minimum atomic E-state index is -4.46. The number of carbonyl (C=O) groups excluding carboxylic acids is 1. The zero-order valence-electron chi connectivity index (χ0n) is 20.1. The van der Waals surface area contributed by atoms with Crippen molar-refractivity contribution in [2.45, 2.75) is 51.0 Å². The highest BCUT2D eigenvalue weighted by Gasteiger charge is 2.46. The lowest BCUT2D eigenvalue weighted by molar-refractivity contribution is -0.173. The molecule has 35 heavy (non-hydrogen) atoms. The quantitative estimate of drug-likeness (QED) is 0.493. The van der Waals surface area contributed by atoms with Crippen molar-refractivity contribution in [2.75, 3.05) is 24.3 Å². The maximum atomic E-state index is 13.9. The van der Waals surface area contributed by atoms with Gasteiger partial charge in [0.2, 0.25) is 5.91 Å². The summed E-state index contributed by atoms with van der Waals surface area (Å²) in [7, 11) is 3.90. The van der Waals surface area contributed by atoms with Gasteiger partial charge in [-0.25, -0.2) is 4.68 Å². The van der Waals surface area contributed by atoms with Crippen molar-refractivity contribution in [3.63, 3.8) is 0 Å². The Balaban J connectivity index is 1.49. The van der Waals surface area contributed by atoms with E-state index in [1.165, 1.54) is 6.20 Å². The molecular weight excluding hydrogens is 455 g/mol. The van der Waals surface area contributed by atoms with Crippen molar-refractivity contribution in [3.05, 3.63) is 77.0 Å². The van der Waals surface area contributed by atoms with Gasteiger partial charge in [0.1, 0.15) is 5.82 Å². The van der Waals surface area contributed by atoms with Gasteiger partial charge in [0, 0.05) is 38.3 Å². The number of aryl methyl sites for hydroxylation is 1. The number of nitrogens with zero attached hydrogens (tertiary/aromatic N) is 3. The monoisotopic (exact) mass is 485 g/mol. The molecule has 4 rings (SSSR count). The molecule has 186 valence electrons. The molecule has 3 aromatic rings. The Bertz CT molecular complexity index is 1150. The van der Waals surface area contributed by atoms with Gasteiger partial charge in [0.15, 0.2) is 6.04 Å². The zero-order chi connectivity index (χ0) is 25.2. The number of anilines is 2. The van der Waals surface area contributed by atoms with Gasteiger partial charge in [-0.05, 0) is 35.2 Å². The van der Waals surface area contributed by atoms with Crippen LogP contribution in [0.4, 0.5) is 24.7 Å². The lowest BCUT2D eigenvalue weighted by Gasteiger charge is -2.34. The lowest BCUT2D eigenvalue weighted by Crippen LogP contribution is -2.36. The number of benzene rings is 2. The van der Waals surface area contributed by atoms with Gasteiger partial charge in [0.25, 0.3) is 0 Å². The second-order valence-electron chi connectivity index (χ2n) is 9.06. The molecule has 1 aliphatic rings. The maximum absolute atomic E-state index is 13.9. The average molecular weight is 486 g/mol. The van der Waals surface area contributed by atoms with Gasteiger partial charge in [-0.15, -0.1) is 0 Å². The van der Waals surface area contributed by atoms with E-state index >= 15 is 0 Å². The fourth-order valence-corrected chi connectivity index (χ4v) is 4.29. The smallest absolute Gasteiger partial charge is 0.378 e. The van der Waals surface area contributed by atoms with E-state index in [1.807, 2.05) is 74.4 Å². The van der Waals surface area contributed by atoms with Crippen LogP contribution in [0.5, 0.6) is 0 Å². The first-order valence-electron chi connectivity index (χ1n) is 11.7. The molecule has 0 fully saturated rings. The summed E-state index contributed by atoms with van der Waals surface area (Å²) in [6, 6.07) is 13.1. The van der Waals surface area contributed by atoms with E-state index in [2.05, 4.69) is 15.7 Å². The first kappa shape index (κ1) is 24.6. The number of rotatable bonds is 7. The molecular formula is C26H30F3N5O. The van der Waals surface area contributed by atoms with Crippen LogP contribution in [0.3, 0.4) is 0 Å². The number of halogens is 3. The minimum absolute atomic E-state index is 0.0653. The van der Waals surface area contributed by atoms with Crippen LogP contribution in [0.15, 0.2) is 54.7 Å². The summed E-state index contributed by atoms with van der Waals surface area (Å²) >= 11 is 0. The molecule has 0 saturated heterocycles. The number of fused-ring (bicyclic) bond motifs is 1. The minimum Gasteiger partial charge on any atom is -0.378 e. The molecule has 0 aliphatic carbocycles. The van der Waals surface area contributed by atoms with Crippen molar-refractivity contribution in [1.29, 1.82) is 0 Å². The van der Waals surface area contributed by atoms with Crippen LogP contribution in [0.2, 0.25) is 0 Å². The highest BCUT2D eigenvalue weighted by molar-refractivity contribution is 5.80. The molecule has 2 atom stereocenters. The summed E-state index contributed by atoms with van der Waals surface area (Å²) in [5, 5.41) is 10.1. The molecule has 2 N–H and O–H groups in total. The molecule has 1 aromatic heterocycles. The Morgan fingerprint density at radius 1 is 1.11 bits per heavy atom. The summed E-state index contributed by atoms with van der Waals surface area (Å²) < 4.78 is 42.7. The van der Waals surface area contributed by atoms with Crippen LogP contribution in [0.25, 0.3) is 0 Å². The lowest BCUT2D eigenvalue weighted by atomic mass is 9.95. The van der Waals surface area contributed by atoms with Crippen molar-refractivity contribution in [2.24, 2.45) is 0 Å². The van der Waals surface area contributed by atoms with Crippen LogP contribution in [0, 0.1) is 0 Å². The van der Waals surface area contributed by atoms with Crippen LogP contribution >= 0.6 is 0 Å². The van der Waals surface area contributed by atoms with E-state index in [0.29, 0.717) is 12.1 Å². The molecule has 2 heterocycles. The molecule has 1 amide bonds. The number of nitrogens with one attached hydrogen (secondary N) is 2. The van der Waals surface area contributed by atoms with E-state index in [-0.39, 0.29) is 24.6 Å². The number of hydrogen-bond donors (Lipinski definition) is 2. The molecule has 1 aliphatic heterocycles. The van der Waals surface area contributed by atoms with Gasteiger partial charge in [-0.1, -0.05) is 43.3 Å². The Morgan fingerprint density at radius 2 is 1.77 bits per heavy atom. The SMILES string of the molecule is CCc1ccc([C@H]2C[C@@H](C(F)(F)F)n3ncc(CC(=O)NCc4ccc(N(C)C)cc4)c3N2)cc1. The second-order valence-corrected chi connectivity index (χ2v) is 9.06. The Hall–Kier alpha value is -3.49. The third-order valence-electron chi connectivity index (χ3n) is 6.40. The third kappa shape index (κ3) is 5.61. The van der Waals surface area contributed by atoms with Crippen LogP contribution in [-0.4, -0.2) is 36.0 Å². The maximum Gasteiger partial charge on any atom is 0.410 e. The molecule has 0 saturated carbocycles. The summed E-state index contributed by atoms with van der Waals surface area (Å²) in [5.74, 6) is -0.0362. The van der Waals surface area contributed by atoms with Crippen molar-refractivity contribution in [1.82, 2.24) is 15.1 Å². The fourth-order valence-electron chi connectivity index (χ4n) is 4.29. The molecule has 9 heteroatoms. The van der Waals surface area contributed by atoms with Crippen LogP contribution in [-0.2, 0) is 24.2 Å². The van der Waals surface area contributed by atoms with Crippen LogP contribution in [0.1, 0.15) is 47.7 Å². The molecule has 6 nitrogen and oxygen atoms in total. The predicted molar refractivity (Wildman–Crippen MR) is 130 cm³/mol. The molecule has 0 bridgehead atoms. The van der Waals surface area contributed by atoms with Gasteiger partial charge in [0.05, 0.1) is 18.7 Å². The van der Waals surface area contributed by atoms with Gasteiger partial charge >= 0.3 is 6.18 Å². The first-order chi connectivity index (χ1) is 16.7. The summed E-state index contributed by atoms with van der Waals surface area (Å²) in [6.45, 7) is 2.36. The number of amides is 1. The predicted octanol–water partition coefficient (Wildman–Crippen LogP) is 5.03. The van der Waals surface area contributed by atoms with E-state index in [4.69, 9.17) is 0 Å². The number of hydrogen-bond acceptors (Lipinski definition) is 4. The van der Waals surface area contributed by atoms with E-state index in [1.54, 1.807) is 0 Å². The largest absolute Gasteiger partial charge is 0.410 e. The van der Waals surface area contributed by atoms with E-state index < -0.39 is 18.3 Å². The normalized spacial score (nSPS) is 17.4. The zero-order valence-corrected chi connectivity index (χ0v) is 20.1. The van der Waals surface area contributed by atoms with Crippen molar-refractivity contribution < 1.29 is 18.0 Å². The summed E-state index contributed by atoms with van der Waals surface area (Å²) in [4.78, 5) is 14.6. The number of alkyl halides is 3. The van der Waals surface area contributed by atoms with E-state index in [0.717, 1.165) is 33.5 Å². The number of aromatic nitrogens is 2. The van der Waals surface area contributed by atoms with Crippen molar-refractivity contribution >= 4 is 17.4 Å². The number of carbonyl (C=O) groups is 1. The summed E-state index contributed by atoms with van der Waals surface area (Å²) in [5.41, 5.74) is 4.33. The molecule has 0 unspecified atom stereocenters. The highest BCUT2D eigenvalue weighted by Crippen LogP contribution is 2.44. The molecule has 2 aromatic carbocycles. The average Bonchev–Trinajstić information content (AvgIpc) is 3.24. The van der Waals surface area contributed by atoms with Gasteiger partial charge in [-0.3, -0.25) is 4.79 Å². The Kier molecular flexibility index (Phi) is 7.05. The Morgan fingerprint density at radius 3 is 2.37 bits per heavy atom. The first-order valence-corrected chi connectivity index (χ1v) is 11.7. The third-order valence-corrected chi connectivity index (χ3v) is 6.40. The topological polar surface area (TPSA) is 62.2 Å².